The van der Waals surface area contributed by atoms with E-state index in [4.69, 9.17) is 4.74 Å². The van der Waals surface area contributed by atoms with Crippen molar-refractivity contribution in [2.45, 2.75) is 45.7 Å². The molecule has 0 radical (unpaired) electrons. The number of hydrogen-bond acceptors (Lipinski definition) is 2. The lowest BCUT2D eigenvalue weighted by Gasteiger charge is -2.24. The summed E-state index contributed by atoms with van der Waals surface area (Å²) in [6, 6.07) is 10.6. The lowest BCUT2D eigenvalue weighted by atomic mass is 10.2. The molecule has 0 saturated heterocycles. The first-order valence-electron chi connectivity index (χ1n) is 9.29. The van der Waals surface area contributed by atoms with Gasteiger partial charge in [-0.05, 0) is 42.7 Å². The van der Waals surface area contributed by atoms with E-state index < -0.39 is 0 Å². The number of carbonyl (C=O) groups excluding carboxylic acids is 1. The van der Waals surface area contributed by atoms with Crippen LogP contribution in [0.2, 0.25) is 0 Å². The standard InChI is InChI=1S/C21H29FN2O2/c1-3-4-11-21(25)24(13-7-14-26-2)17-20-10-6-12-23(20)16-18-8-5-9-19(22)15-18/h5-6,8-10,12,15H,3-4,7,11,13-14,16-17H2,1-2H3. The van der Waals surface area contributed by atoms with Gasteiger partial charge in [0.1, 0.15) is 5.82 Å². The van der Waals surface area contributed by atoms with E-state index in [0.29, 0.717) is 32.7 Å². The second-order valence-electron chi connectivity index (χ2n) is 6.52. The van der Waals surface area contributed by atoms with Gasteiger partial charge in [0.25, 0.3) is 0 Å². The molecule has 5 heteroatoms. The molecule has 0 atom stereocenters. The highest BCUT2D eigenvalue weighted by Crippen LogP contribution is 2.13. The van der Waals surface area contributed by atoms with Crippen LogP contribution in [0.1, 0.15) is 43.9 Å². The molecule has 0 aliphatic heterocycles. The van der Waals surface area contributed by atoms with Crippen LogP contribution in [0.4, 0.5) is 4.39 Å². The highest BCUT2D eigenvalue weighted by atomic mass is 19.1. The molecule has 26 heavy (non-hydrogen) atoms. The van der Waals surface area contributed by atoms with E-state index >= 15 is 0 Å². The van der Waals surface area contributed by atoms with Crippen molar-refractivity contribution in [3.63, 3.8) is 0 Å². The van der Waals surface area contributed by atoms with Crippen molar-refractivity contribution >= 4 is 5.91 Å². The fourth-order valence-electron chi connectivity index (χ4n) is 2.95. The minimum Gasteiger partial charge on any atom is -0.385 e. The summed E-state index contributed by atoms with van der Waals surface area (Å²) in [4.78, 5) is 14.5. The average molecular weight is 360 g/mol. The number of hydrogen-bond donors (Lipinski definition) is 0. The van der Waals surface area contributed by atoms with E-state index in [9.17, 15) is 9.18 Å². The molecule has 0 aliphatic carbocycles. The summed E-state index contributed by atoms with van der Waals surface area (Å²) in [6.07, 6.45) is 5.29. The number of rotatable bonds is 11. The largest absolute Gasteiger partial charge is 0.385 e. The average Bonchev–Trinajstić information content (AvgIpc) is 3.05. The quantitative estimate of drug-likeness (QED) is 0.562. The van der Waals surface area contributed by atoms with Crippen LogP contribution in [0.25, 0.3) is 0 Å². The number of aromatic nitrogens is 1. The molecule has 0 aliphatic rings. The summed E-state index contributed by atoms with van der Waals surface area (Å²) in [5, 5.41) is 0. The van der Waals surface area contributed by atoms with E-state index in [1.807, 2.05) is 29.3 Å². The van der Waals surface area contributed by atoms with E-state index in [2.05, 4.69) is 11.5 Å². The third-order valence-corrected chi connectivity index (χ3v) is 4.39. The summed E-state index contributed by atoms with van der Waals surface area (Å²) >= 11 is 0. The molecule has 1 heterocycles. The third-order valence-electron chi connectivity index (χ3n) is 4.39. The lowest BCUT2D eigenvalue weighted by Crippen LogP contribution is -2.32. The zero-order valence-electron chi connectivity index (χ0n) is 15.8. The van der Waals surface area contributed by atoms with Gasteiger partial charge in [0.05, 0.1) is 6.54 Å². The lowest BCUT2D eigenvalue weighted by molar-refractivity contribution is -0.132. The molecule has 2 rings (SSSR count). The van der Waals surface area contributed by atoms with Gasteiger partial charge in [0.15, 0.2) is 0 Å². The van der Waals surface area contributed by atoms with Gasteiger partial charge in [-0.3, -0.25) is 4.79 Å². The van der Waals surface area contributed by atoms with Crippen molar-refractivity contribution in [1.29, 1.82) is 0 Å². The van der Waals surface area contributed by atoms with Crippen molar-refractivity contribution in [1.82, 2.24) is 9.47 Å². The normalized spacial score (nSPS) is 10.9. The Bertz CT molecular complexity index is 684. The van der Waals surface area contributed by atoms with E-state index in [0.717, 1.165) is 30.5 Å². The van der Waals surface area contributed by atoms with Crippen LogP contribution in [-0.2, 0) is 22.6 Å². The Kier molecular flexibility index (Phi) is 8.35. The van der Waals surface area contributed by atoms with Crippen molar-refractivity contribution in [2.75, 3.05) is 20.3 Å². The van der Waals surface area contributed by atoms with Gasteiger partial charge >= 0.3 is 0 Å². The van der Waals surface area contributed by atoms with Crippen molar-refractivity contribution in [3.8, 4) is 0 Å². The van der Waals surface area contributed by atoms with Crippen molar-refractivity contribution in [3.05, 3.63) is 59.7 Å². The van der Waals surface area contributed by atoms with E-state index in [1.54, 1.807) is 19.2 Å². The maximum absolute atomic E-state index is 13.4. The van der Waals surface area contributed by atoms with Crippen LogP contribution in [0.3, 0.4) is 0 Å². The van der Waals surface area contributed by atoms with Gasteiger partial charge < -0.3 is 14.2 Å². The summed E-state index contributed by atoms with van der Waals surface area (Å²) in [5.41, 5.74) is 1.96. The molecule has 0 spiro atoms. The molecule has 1 aromatic heterocycles. The van der Waals surface area contributed by atoms with E-state index in [1.165, 1.54) is 6.07 Å². The summed E-state index contributed by atoms with van der Waals surface area (Å²) in [7, 11) is 1.67. The molecular formula is C21H29FN2O2. The topological polar surface area (TPSA) is 34.5 Å². The van der Waals surface area contributed by atoms with Crippen LogP contribution in [0.5, 0.6) is 0 Å². The van der Waals surface area contributed by atoms with Gasteiger partial charge in [0, 0.05) is 45.1 Å². The minimum absolute atomic E-state index is 0.182. The van der Waals surface area contributed by atoms with Crippen LogP contribution < -0.4 is 0 Å². The smallest absolute Gasteiger partial charge is 0.222 e. The molecule has 0 saturated carbocycles. The Morgan fingerprint density at radius 3 is 2.81 bits per heavy atom. The molecule has 0 bridgehead atoms. The predicted molar refractivity (Wildman–Crippen MR) is 101 cm³/mol. The number of nitrogens with zero attached hydrogens (tertiary/aromatic N) is 2. The van der Waals surface area contributed by atoms with Gasteiger partial charge in [-0.25, -0.2) is 4.39 Å². The first kappa shape index (κ1) is 20.2. The number of carbonyl (C=O) groups is 1. The molecule has 0 fully saturated rings. The highest BCUT2D eigenvalue weighted by Gasteiger charge is 2.15. The van der Waals surface area contributed by atoms with Crippen LogP contribution >= 0.6 is 0 Å². The molecule has 2 aromatic rings. The monoisotopic (exact) mass is 360 g/mol. The first-order valence-corrected chi connectivity index (χ1v) is 9.29. The third kappa shape index (κ3) is 6.30. The number of ether oxygens (including phenoxy) is 1. The Hall–Kier alpha value is -2.14. The Labute approximate surface area is 155 Å². The fraction of sp³-hybridized carbons (Fsp3) is 0.476. The van der Waals surface area contributed by atoms with Crippen molar-refractivity contribution < 1.29 is 13.9 Å². The first-order chi connectivity index (χ1) is 12.6. The molecule has 0 unspecified atom stereocenters. The zero-order chi connectivity index (χ0) is 18.8. The van der Waals surface area contributed by atoms with Crippen LogP contribution in [0.15, 0.2) is 42.6 Å². The minimum atomic E-state index is -0.229. The molecule has 142 valence electrons. The highest BCUT2D eigenvalue weighted by molar-refractivity contribution is 5.76. The number of unbranched alkanes of at least 4 members (excludes halogenated alkanes) is 1. The van der Waals surface area contributed by atoms with Crippen molar-refractivity contribution in [2.24, 2.45) is 0 Å². The maximum atomic E-state index is 13.4. The van der Waals surface area contributed by atoms with Gasteiger partial charge in [0.2, 0.25) is 5.91 Å². The maximum Gasteiger partial charge on any atom is 0.222 e. The van der Waals surface area contributed by atoms with E-state index in [-0.39, 0.29) is 11.7 Å². The summed E-state index contributed by atoms with van der Waals surface area (Å²) in [5.74, 6) is -0.0476. The Morgan fingerprint density at radius 1 is 1.23 bits per heavy atom. The van der Waals surface area contributed by atoms with Gasteiger partial charge in [-0.15, -0.1) is 0 Å². The van der Waals surface area contributed by atoms with Gasteiger partial charge in [-0.2, -0.15) is 0 Å². The zero-order valence-corrected chi connectivity index (χ0v) is 15.8. The molecule has 4 nitrogen and oxygen atoms in total. The fourth-order valence-corrected chi connectivity index (χ4v) is 2.95. The van der Waals surface area contributed by atoms with Gasteiger partial charge in [-0.1, -0.05) is 25.5 Å². The SMILES string of the molecule is CCCCC(=O)N(CCCOC)Cc1cccn1Cc1cccc(F)c1. The summed E-state index contributed by atoms with van der Waals surface area (Å²) < 4.78 is 20.6. The number of amides is 1. The predicted octanol–water partition coefficient (Wildman–Crippen LogP) is 4.23. The molecular weight excluding hydrogens is 331 g/mol. The molecule has 1 aromatic carbocycles. The van der Waals surface area contributed by atoms with Crippen LogP contribution in [-0.4, -0.2) is 35.6 Å². The number of benzene rings is 1. The molecule has 0 N–H and O–H groups in total. The number of methoxy groups -OCH3 is 1. The summed E-state index contributed by atoms with van der Waals surface area (Å²) in [6.45, 7) is 4.57. The molecule has 1 amide bonds. The second kappa shape index (κ2) is 10.8. The number of halogens is 1. The second-order valence-corrected chi connectivity index (χ2v) is 6.52. The van der Waals surface area contributed by atoms with Crippen LogP contribution in [0, 0.1) is 5.82 Å². The Balaban J connectivity index is 2.07. The Morgan fingerprint density at radius 2 is 2.08 bits per heavy atom.